The Balaban J connectivity index is 0.000000186. The number of benzene rings is 1. The fourth-order valence-corrected chi connectivity index (χ4v) is 4.77. The molecule has 0 unspecified atom stereocenters. The third kappa shape index (κ3) is 5.66. The number of Topliss-reactive ketones (excluding diaryl/α,β-unsaturated/α-hetero) is 1. The number of hydrogen-bond donors (Lipinski definition) is 1. The van der Waals surface area contributed by atoms with Gasteiger partial charge < -0.3 is 9.29 Å². The lowest BCUT2D eigenvalue weighted by Gasteiger charge is -2.17. The minimum atomic E-state index is -5.61. The van der Waals surface area contributed by atoms with Gasteiger partial charge in [0.15, 0.2) is 0 Å². The van der Waals surface area contributed by atoms with Gasteiger partial charge in [-0.25, -0.2) is 0 Å². The molecule has 10 heteroatoms. The van der Waals surface area contributed by atoms with Crippen LogP contribution in [0.5, 0.6) is 0 Å². The van der Waals surface area contributed by atoms with E-state index >= 15 is 0 Å². The normalized spacial score (nSPS) is 23.6. The molecule has 6 nitrogen and oxygen atoms in total. The summed E-state index contributed by atoms with van der Waals surface area (Å²) in [5.74, 6) is -2.05. The second-order valence-corrected chi connectivity index (χ2v) is 10.0. The second-order valence-electron chi connectivity index (χ2n) is 8.50. The Hall–Kier alpha value is -2.62. The molecular formula is C23H25F3O6S. The van der Waals surface area contributed by atoms with Crippen molar-refractivity contribution in [1.29, 1.82) is 0 Å². The molecule has 2 atom stereocenters. The number of halogens is 3. The van der Waals surface area contributed by atoms with Crippen LogP contribution in [0.2, 0.25) is 0 Å². The van der Waals surface area contributed by atoms with E-state index in [0.29, 0.717) is 0 Å². The minimum Gasteiger partial charge on any atom is -0.481 e. The Labute approximate surface area is 190 Å². The number of carboxylic acids is 1. The lowest BCUT2D eigenvalue weighted by Crippen LogP contribution is -2.25. The second kappa shape index (κ2) is 9.32. The summed E-state index contributed by atoms with van der Waals surface area (Å²) in [6, 6.07) is 10.5. The van der Waals surface area contributed by atoms with Crippen molar-refractivity contribution in [2.45, 2.75) is 56.4 Å². The highest BCUT2D eigenvalue weighted by Crippen LogP contribution is 2.56. The summed E-state index contributed by atoms with van der Waals surface area (Å²) in [4.78, 5) is 21.9. The van der Waals surface area contributed by atoms with Crippen molar-refractivity contribution in [3.63, 3.8) is 0 Å². The Morgan fingerprint density at radius 2 is 1.64 bits per heavy atom. The molecule has 3 aliphatic rings. The molecule has 1 aromatic rings. The lowest BCUT2D eigenvalue weighted by molar-refractivity contribution is -0.140. The van der Waals surface area contributed by atoms with Crippen LogP contribution in [0, 0.1) is 11.8 Å². The van der Waals surface area contributed by atoms with Crippen molar-refractivity contribution in [3.8, 4) is 0 Å². The van der Waals surface area contributed by atoms with Gasteiger partial charge in [-0.1, -0.05) is 42.0 Å². The van der Waals surface area contributed by atoms with Gasteiger partial charge in [-0.2, -0.15) is 21.6 Å². The molecule has 3 aliphatic carbocycles. The average Bonchev–Trinajstić information content (AvgIpc) is 3.16. The van der Waals surface area contributed by atoms with Crippen LogP contribution in [-0.4, -0.2) is 30.8 Å². The Bertz CT molecular complexity index is 1070. The molecule has 1 fully saturated rings. The van der Waals surface area contributed by atoms with E-state index in [0.717, 1.165) is 18.9 Å². The number of rotatable bonds is 6. The average molecular weight is 487 g/mol. The van der Waals surface area contributed by atoms with Gasteiger partial charge in [0, 0.05) is 17.8 Å². The van der Waals surface area contributed by atoms with Crippen molar-refractivity contribution in [1.82, 2.24) is 0 Å². The van der Waals surface area contributed by atoms with Crippen LogP contribution in [0.3, 0.4) is 0 Å². The topological polar surface area (TPSA) is 97.7 Å². The van der Waals surface area contributed by atoms with E-state index in [2.05, 4.69) is 28.4 Å². The summed E-state index contributed by atoms with van der Waals surface area (Å²) in [5.41, 5.74) is -2.54. The summed E-state index contributed by atoms with van der Waals surface area (Å²) >= 11 is 0. The molecule has 0 bridgehead atoms. The SMILES string of the molecule is CC(=O)[C@H]1C=C(OS(=O)(=O)C(F)(F)F)CC1.O=C(O)[C@H]1C=C(C2(c3ccccc3)CC2)CC1. The lowest BCUT2D eigenvalue weighted by atomic mass is 9.87. The smallest absolute Gasteiger partial charge is 0.481 e. The first-order valence-electron chi connectivity index (χ1n) is 10.6. The monoisotopic (exact) mass is 486 g/mol. The van der Waals surface area contributed by atoms with Gasteiger partial charge in [-0.15, -0.1) is 0 Å². The van der Waals surface area contributed by atoms with Gasteiger partial charge >= 0.3 is 21.6 Å². The fourth-order valence-electron chi connectivity index (χ4n) is 4.26. The highest BCUT2D eigenvalue weighted by molar-refractivity contribution is 7.87. The molecule has 0 aromatic heterocycles. The quantitative estimate of drug-likeness (QED) is 0.350. The first kappa shape index (κ1) is 25.0. The zero-order valence-electron chi connectivity index (χ0n) is 18.0. The molecule has 0 spiro atoms. The molecule has 1 N–H and O–H groups in total. The minimum absolute atomic E-state index is 0.0134. The number of carbonyl (C=O) groups is 2. The predicted molar refractivity (Wildman–Crippen MR) is 113 cm³/mol. The molecule has 0 aliphatic heterocycles. The fraction of sp³-hybridized carbons (Fsp3) is 0.478. The van der Waals surface area contributed by atoms with Gasteiger partial charge in [-0.05, 0) is 50.7 Å². The van der Waals surface area contributed by atoms with E-state index < -0.39 is 27.5 Å². The Morgan fingerprint density at radius 3 is 2.09 bits per heavy atom. The molecular weight excluding hydrogens is 461 g/mol. The zero-order chi connectivity index (χ0) is 24.4. The van der Waals surface area contributed by atoms with Gasteiger partial charge in [0.05, 0.1) is 5.92 Å². The maximum atomic E-state index is 11.9. The van der Waals surface area contributed by atoms with E-state index in [1.807, 2.05) is 12.1 Å². The van der Waals surface area contributed by atoms with Crippen molar-refractivity contribution >= 4 is 21.9 Å². The van der Waals surface area contributed by atoms with E-state index in [9.17, 15) is 31.2 Å². The maximum absolute atomic E-state index is 11.9. The van der Waals surface area contributed by atoms with Crippen molar-refractivity contribution < 1.29 is 40.5 Å². The first-order chi connectivity index (χ1) is 15.4. The molecule has 0 saturated heterocycles. The van der Waals surface area contributed by atoms with Crippen molar-refractivity contribution in [2.75, 3.05) is 0 Å². The zero-order valence-corrected chi connectivity index (χ0v) is 18.8. The third-order valence-electron chi connectivity index (χ3n) is 6.25. The largest absolute Gasteiger partial charge is 0.534 e. The van der Waals surface area contributed by atoms with Crippen LogP contribution in [0.4, 0.5) is 13.2 Å². The molecule has 1 aromatic carbocycles. The van der Waals surface area contributed by atoms with E-state index in [1.54, 1.807) is 0 Å². The van der Waals surface area contributed by atoms with E-state index in [-0.39, 0.29) is 35.7 Å². The number of aliphatic carboxylic acids is 1. The van der Waals surface area contributed by atoms with Crippen molar-refractivity contribution in [3.05, 3.63) is 59.4 Å². The molecule has 0 radical (unpaired) electrons. The van der Waals surface area contributed by atoms with Crippen LogP contribution in [-0.2, 0) is 29.3 Å². The number of ketones is 1. The number of carbonyl (C=O) groups excluding carboxylic acids is 1. The highest BCUT2D eigenvalue weighted by atomic mass is 32.2. The standard InChI is InChI=1S/C15H16O2.C8H9F3O4S/c16-14(17)11-6-7-13(10-11)15(8-9-15)12-4-2-1-3-5-12;1-5(12)6-2-3-7(4-6)15-16(13,14)8(9,10)11/h1-5,10-11H,6-9H2,(H,16,17);4,6H,2-3H2,1H3/t11-;6-/m11/s1. The van der Waals surface area contributed by atoms with Gasteiger partial charge in [0.1, 0.15) is 11.5 Å². The van der Waals surface area contributed by atoms with Crippen molar-refractivity contribution in [2.24, 2.45) is 11.8 Å². The Kier molecular flexibility index (Phi) is 7.07. The number of hydrogen-bond acceptors (Lipinski definition) is 5. The van der Waals surface area contributed by atoms with Crippen LogP contribution in [0.1, 0.15) is 51.0 Å². The van der Waals surface area contributed by atoms with Gasteiger partial charge in [0.25, 0.3) is 0 Å². The summed E-state index contributed by atoms with van der Waals surface area (Å²) < 4.78 is 60.9. The van der Waals surface area contributed by atoms with Crippen LogP contribution in [0.25, 0.3) is 0 Å². The summed E-state index contributed by atoms with van der Waals surface area (Å²) in [5, 5.41) is 9.04. The van der Waals surface area contributed by atoms with E-state index in [1.165, 1.54) is 30.9 Å². The van der Waals surface area contributed by atoms with Crippen LogP contribution >= 0.6 is 0 Å². The highest BCUT2D eigenvalue weighted by Gasteiger charge is 2.49. The number of alkyl halides is 3. The third-order valence-corrected chi connectivity index (χ3v) is 7.25. The van der Waals surface area contributed by atoms with Crippen LogP contribution in [0.15, 0.2) is 53.8 Å². The first-order valence-corrected chi connectivity index (χ1v) is 12.0. The van der Waals surface area contributed by atoms with Crippen LogP contribution < -0.4 is 0 Å². The predicted octanol–water partition coefficient (Wildman–Crippen LogP) is 4.87. The number of carboxylic acid groups (broad SMARTS) is 1. The van der Waals surface area contributed by atoms with Gasteiger partial charge in [-0.3, -0.25) is 9.59 Å². The summed E-state index contributed by atoms with van der Waals surface area (Å²) in [6.07, 6.45) is 7.49. The maximum Gasteiger partial charge on any atom is 0.534 e. The summed E-state index contributed by atoms with van der Waals surface area (Å²) in [6.45, 7) is 1.28. The van der Waals surface area contributed by atoms with E-state index in [4.69, 9.17) is 5.11 Å². The molecule has 1 saturated carbocycles. The summed E-state index contributed by atoms with van der Waals surface area (Å²) in [7, 11) is -5.61. The molecule has 4 rings (SSSR count). The Morgan fingerprint density at radius 1 is 1.03 bits per heavy atom. The molecule has 0 heterocycles. The van der Waals surface area contributed by atoms with Gasteiger partial charge in [0.2, 0.25) is 0 Å². The molecule has 33 heavy (non-hydrogen) atoms. The molecule has 0 amide bonds. The molecule has 180 valence electrons. The number of allylic oxidation sites excluding steroid dienone is 3.